The Kier molecular flexibility index (Phi) is 3.75. The van der Waals surface area contributed by atoms with Crippen LogP contribution in [0.15, 0.2) is 42.5 Å². The van der Waals surface area contributed by atoms with Gasteiger partial charge in [0.15, 0.2) is 0 Å². The second-order valence-electron chi connectivity index (χ2n) is 6.19. The van der Waals surface area contributed by atoms with Crippen molar-refractivity contribution in [2.75, 3.05) is 6.54 Å². The van der Waals surface area contributed by atoms with Crippen LogP contribution >= 0.6 is 0 Å². The molecule has 1 atom stereocenters. The summed E-state index contributed by atoms with van der Waals surface area (Å²) < 4.78 is 0. The molecule has 1 unspecified atom stereocenters. The van der Waals surface area contributed by atoms with Gasteiger partial charge in [-0.2, -0.15) is 0 Å². The lowest BCUT2D eigenvalue weighted by molar-refractivity contribution is 0.0369. The number of fused-ring (bicyclic) bond motifs is 1. The highest BCUT2D eigenvalue weighted by atomic mass is 16.3. The van der Waals surface area contributed by atoms with E-state index in [4.69, 9.17) is 0 Å². The number of amides is 1. The summed E-state index contributed by atoms with van der Waals surface area (Å²) in [5.74, 6) is -0.126. The van der Waals surface area contributed by atoms with E-state index in [2.05, 4.69) is 5.32 Å². The van der Waals surface area contributed by atoms with Gasteiger partial charge < -0.3 is 10.4 Å². The van der Waals surface area contributed by atoms with E-state index in [-0.39, 0.29) is 12.5 Å². The van der Waals surface area contributed by atoms with Crippen molar-refractivity contribution in [3.8, 4) is 0 Å². The maximum Gasteiger partial charge on any atom is 0.251 e. The van der Waals surface area contributed by atoms with Gasteiger partial charge in [-0.1, -0.05) is 42.0 Å². The third-order valence-corrected chi connectivity index (χ3v) is 4.51. The van der Waals surface area contributed by atoms with Gasteiger partial charge in [-0.05, 0) is 49.4 Å². The monoisotopic (exact) mass is 295 g/mol. The highest BCUT2D eigenvalue weighted by molar-refractivity contribution is 5.95. The Hall–Kier alpha value is -2.13. The van der Waals surface area contributed by atoms with Crippen molar-refractivity contribution in [3.05, 3.63) is 70.3 Å². The van der Waals surface area contributed by atoms with Crippen LogP contribution in [0.4, 0.5) is 0 Å². The maximum atomic E-state index is 12.4. The summed E-state index contributed by atoms with van der Waals surface area (Å²) in [7, 11) is 0. The number of rotatable bonds is 3. The number of carbonyl (C=O) groups is 1. The summed E-state index contributed by atoms with van der Waals surface area (Å²) in [6.45, 7) is 4.14. The standard InChI is InChI=1S/C19H21NO2/c1-13-7-8-14(2)16(11-13)18(21)20-12-19(22)10-9-15-5-3-4-6-17(15)19/h3-8,11,22H,9-10,12H2,1-2H3,(H,20,21). The molecule has 114 valence electrons. The molecule has 3 heteroatoms. The third-order valence-electron chi connectivity index (χ3n) is 4.51. The number of benzene rings is 2. The van der Waals surface area contributed by atoms with E-state index in [1.54, 1.807) is 0 Å². The van der Waals surface area contributed by atoms with Gasteiger partial charge in [-0.3, -0.25) is 4.79 Å². The van der Waals surface area contributed by atoms with Crippen LogP contribution in [-0.4, -0.2) is 17.6 Å². The van der Waals surface area contributed by atoms with Crippen molar-refractivity contribution in [1.82, 2.24) is 5.32 Å². The number of carbonyl (C=O) groups excluding carboxylic acids is 1. The zero-order valence-corrected chi connectivity index (χ0v) is 13.0. The van der Waals surface area contributed by atoms with Crippen molar-refractivity contribution < 1.29 is 9.90 Å². The van der Waals surface area contributed by atoms with Crippen LogP contribution in [-0.2, 0) is 12.0 Å². The van der Waals surface area contributed by atoms with Crippen LogP contribution in [0.2, 0.25) is 0 Å². The van der Waals surface area contributed by atoms with E-state index in [9.17, 15) is 9.90 Å². The number of nitrogens with one attached hydrogen (secondary N) is 1. The molecule has 2 N–H and O–H groups in total. The zero-order valence-electron chi connectivity index (χ0n) is 13.0. The highest BCUT2D eigenvalue weighted by Crippen LogP contribution is 2.36. The fourth-order valence-corrected chi connectivity index (χ4v) is 3.15. The topological polar surface area (TPSA) is 49.3 Å². The van der Waals surface area contributed by atoms with Gasteiger partial charge in [0, 0.05) is 5.56 Å². The summed E-state index contributed by atoms with van der Waals surface area (Å²) in [4.78, 5) is 12.4. The van der Waals surface area contributed by atoms with Gasteiger partial charge in [-0.15, -0.1) is 0 Å². The molecule has 0 bridgehead atoms. The fourth-order valence-electron chi connectivity index (χ4n) is 3.15. The molecule has 1 amide bonds. The van der Waals surface area contributed by atoms with Crippen molar-refractivity contribution in [2.45, 2.75) is 32.3 Å². The molecule has 3 nitrogen and oxygen atoms in total. The van der Waals surface area contributed by atoms with E-state index in [0.29, 0.717) is 12.0 Å². The average Bonchev–Trinajstić information content (AvgIpc) is 2.86. The number of hydrogen-bond acceptors (Lipinski definition) is 2. The molecule has 0 spiro atoms. The molecule has 0 radical (unpaired) electrons. The Labute approximate surface area is 131 Å². The minimum absolute atomic E-state index is 0.126. The summed E-state index contributed by atoms with van der Waals surface area (Å²) in [6.07, 6.45) is 1.51. The first-order valence-corrected chi connectivity index (χ1v) is 7.66. The Morgan fingerprint density at radius 1 is 1.23 bits per heavy atom. The van der Waals surface area contributed by atoms with E-state index < -0.39 is 5.60 Å². The minimum atomic E-state index is -0.954. The fraction of sp³-hybridized carbons (Fsp3) is 0.316. The SMILES string of the molecule is Cc1ccc(C)c(C(=O)NCC2(O)CCc3ccccc32)c1. The van der Waals surface area contributed by atoms with E-state index in [1.165, 1.54) is 5.56 Å². The van der Waals surface area contributed by atoms with Crippen molar-refractivity contribution in [2.24, 2.45) is 0 Å². The zero-order chi connectivity index (χ0) is 15.7. The molecule has 2 aromatic rings. The average molecular weight is 295 g/mol. The largest absolute Gasteiger partial charge is 0.383 e. The molecule has 2 aromatic carbocycles. The minimum Gasteiger partial charge on any atom is -0.383 e. The molecule has 0 heterocycles. The summed E-state index contributed by atoms with van der Waals surface area (Å²) in [5.41, 5.74) is 3.84. The van der Waals surface area contributed by atoms with Gasteiger partial charge in [0.1, 0.15) is 5.60 Å². The molecule has 1 aliphatic rings. The molecular weight excluding hydrogens is 274 g/mol. The van der Waals surface area contributed by atoms with E-state index in [1.807, 2.05) is 56.3 Å². The van der Waals surface area contributed by atoms with E-state index >= 15 is 0 Å². The molecule has 1 aliphatic carbocycles. The summed E-state index contributed by atoms with van der Waals surface area (Å²) >= 11 is 0. The number of hydrogen-bond donors (Lipinski definition) is 2. The van der Waals surface area contributed by atoms with Crippen molar-refractivity contribution in [1.29, 1.82) is 0 Å². The van der Waals surface area contributed by atoms with Crippen LogP contribution in [0, 0.1) is 13.8 Å². The molecule has 0 saturated heterocycles. The highest BCUT2D eigenvalue weighted by Gasteiger charge is 2.36. The first-order chi connectivity index (χ1) is 10.5. The van der Waals surface area contributed by atoms with Gasteiger partial charge in [0.2, 0.25) is 0 Å². The molecule has 0 saturated carbocycles. The van der Waals surface area contributed by atoms with Gasteiger partial charge >= 0.3 is 0 Å². The Bertz CT molecular complexity index is 723. The van der Waals surface area contributed by atoms with Crippen LogP contribution in [0.1, 0.15) is 39.0 Å². The quantitative estimate of drug-likeness (QED) is 0.915. The van der Waals surface area contributed by atoms with Crippen LogP contribution in [0.25, 0.3) is 0 Å². The molecule has 0 aromatic heterocycles. The lowest BCUT2D eigenvalue weighted by Crippen LogP contribution is -2.39. The first kappa shape index (κ1) is 14.8. The van der Waals surface area contributed by atoms with Crippen LogP contribution in [0.5, 0.6) is 0 Å². The van der Waals surface area contributed by atoms with Gasteiger partial charge in [0.05, 0.1) is 6.54 Å². The predicted molar refractivity (Wildman–Crippen MR) is 86.9 cm³/mol. The second kappa shape index (κ2) is 5.58. The summed E-state index contributed by atoms with van der Waals surface area (Å²) in [5, 5.41) is 13.7. The Balaban J connectivity index is 1.76. The summed E-state index contributed by atoms with van der Waals surface area (Å²) in [6, 6.07) is 13.7. The molecule has 3 rings (SSSR count). The Morgan fingerprint density at radius 2 is 2.00 bits per heavy atom. The van der Waals surface area contributed by atoms with Crippen LogP contribution < -0.4 is 5.32 Å². The molecule has 0 aliphatic heterocycles. The van der Waals surface area contributed by atoms with Gasteiger partial charge in [0.25, 0.3) is 5.91 Å². The van der Waals surface area contributed by atoms with Gasteiger partial charge in [-0.25, -0.2) is 0 Å². The van der Waals surface area contributed by atoms with Crippen molar-refractivity contribution in [3.63, 3.8) is 0 Å². The smallest absolute Gasteiger partial charge is 0.251 e. The third kappa shape index (κ3) is 2.64. The normalized spacial score (nSPS) is 19.8. The number of aryl methyl sites for hydroxylation is 3. The lowest BCUT2D eigenvalue weighted by atomic mass is 9.95. The van der Waals surface area contributed by atoms with Crippen LogP contribution in [0.3, 0.4) is 0 Å². The molecular formula is C19H21NO2. The second-order valence-corrected chi connectivity index (χ2v) is 6.19. The lowest BCUT2D eigenvalue weighted by Gasteiger charge is -2.24. The predicted octanol–water partition coefficient (Wildman–Crippen LogP) is 2.87. The molecule has 0 fully saturated rings. The maximum absolute atomic E-state index is 12.4. The van der Waals surface area contributed by atoms with E-state index in [0.717, 1.165) is 23.1 Å². The Morgan fingerprint density at radius 3 is 2.82 bits per heavy atom. The number of aliphatic hydroxyl groups is 1. The molecule has 22 heavy (non-hydrogen) atoms. The first-order valence-electron chi connectivity index (χ1n) is 7.66. The van der Waals surface area contributed by atoms with Crippen molar-refractivity contribution >= 4 is 5.91 Å².